The minimum absolute atomic E-state index is 0.222. The van der Waals surface area contributed by atoms with Gasteiger partial charge < -0.3 is 15.0 Å². The molecule has 0 saturated heterocycles. The van der Waals surface area contributed by atoms with E-state index < -0.39 is 0 Å². The molecule has 0 atom stereocenters. The molecule has 0 fully saturated rings. The van der Waals surface area contributed by atoms with Crippen molar-refractivity contribution in [3.8, 4) is 5.75 Å². The second kappa shape index (κ2) is 8.91. The lowest BCUT2D eigenvalue weighted by molar-refractivity contribution is 0.409. The predicted molar refractivity (Wildman–Crippen MR) is 95.9 cm³/mol. The van der Waals surface area contributed by atoms with E-state index in [9.17, 15) is 4.39 Å². The molecule has 0 bridgehead atoms. The third-order valence-corrected chi connectivity index (χ3v) is 3.75. The summed E-state index contributed by atoms with van der Waals surface area (Å²) in [5.41, 5.74) is 2.06. The normalized spacial score (nSPS) is 11.2. The average Bonchev–Trinajstić information content (AvgIpc) is 2.59. The molecule has 0 aromatic heterocycles. The maximum Gasteiger partial charge on any atom is 0.193 e. The van der Waals surface area contributed by atoms with E-state index in [0.717, 1.165) is 35.8 Å². The largest absolute Gasteiger partial charge is 0.496 e. The zero-order chi connectivity index (χ0) is 17.4. The van der Waals surface area contributed by atoms with Gasteiger partial charge in [0, 0.05) is 27.2 Å². The Morgan fingerprint density at radius 3 is 2.71 bits per heavy atom. The summed E-state index contributed by atoms with van der Waals surface area (Å²) in [5.74, 6) is 1.44. The molecule has 24 heavy (non-hydrogen) atoms. The van der Waals surface area contributed by atoms with Crippen LogP contribution in [0, 0.1) is 5.82 Å². The fourth-order valence-electron chi connectivity index (χ4n) is 2.59. The summed E-state index contributed by atoms with van der Waals surface area (Å²) in [7, 11) is 5.36. The maximum absolute atomic E-state index is 13.3. The Morgan fingerprint density at radius 2 is 2.00 bits per heavy atom. The number of hydrogen-bond acceptors (Lipinski definition) is 2. The number of guanidine groups is 1. The number of halogens is 1. The third-order valence-electron chi connectivity index (χ3n) is 3.75. The number of aliphatic imine (C=N–C) groups is 1. The van der Waals surface area contributed by atoms with Gasteiger partial charge in [-0.1, -0.05) is 30.3 Å². The highest BCUT2D eigenvalue weighted by Crippen LogP contribution is 2.17. The topological polar surface area (TPSA) is 36.9 Å². The Bertz CT molecular complexity index is 688. The molecule has 0 aliphatic heterocycles. The molecule has 0 saturated carbocycles. The van der Waals surface area contributed by atoms with Gasteiger partial charge in [-0.05, 0) is 35.7 Å². The van der Waals surface area contributed by atoms with Crippen molar-refractivity contribution in [2.75, 3.05) is 27.7 Å². The van der Waals surface area contributed by atoms with Gasteiger partial charge in [-0.3, -0.25) is 4.99 Å². The van der Waals surface area contributed by atoms with Gasteiger partial charge in [-0.15, -0.1) is 0 Å². The van der Waals surface area contributed by atoms with E-state index in [1.165, 1.54) is 6.07 Å². The standard InChI is InChI=1S/C19H24FN3O/c1-21-19(23(2)14-15-7-6-9-17(20)13-15)22-12-11-16-8-4-5-10-18(16)24-3/h4-10,13H,11-12,14H2,1-3H3,(H,21,22). The molecule has 2 aromatic rings. The SMILES string of the molecule is CN=C(NCCc1ccccc1OC)N(C)Cc1cccc(F)c1. The number of para-hydroxylation sites is 1. The van der Waals surface area contributed by atoms with Crippen molar-refractivity contribution in [3.05, 3.63) is 65.5 Å². The Labute approximate surface area is 143 Å². The van der Waals surface area contributed by atoms with Crippen LogP contribution in [0.1, 0.15) is 11.1 Å². The molecule has 2 aromatic carbocycles. The molecular formula is C19H24FN3O. The molecule has 2 rings (SSSR count). The number of methoxy groups -OCH3 is 1. The van der Waals surface area contributed by atoms with E-state index in [2.05, 4.69) is 16.4 Å². The average molecular weight is 329 g/mol. The van der Waals surface area contributed by atoms with Crippen LogP contribution in [0.4, 0.5) is 4.39 Å². The smallest absolute Gasteiger partial charge is 0.193 e. The predicted octanol–water partition coefficient (Wildman–Crippen LogP) is 3.08. The number of benzene rings is 2. The summed E-state index contributed by atoms with van der Waals surface area (Å²) in [6, 6.07) is 14.6. The molecule has 4 nitrogen and oxygen atoms in total. The first kappa shape index (κ1) is 17.8. The van der Waals surface area contributed by atoms with Gasteiger partial charge in [-0.25, -0.2) is 4.39 Å². The first-order chi connectivity index (χ1) is 11.6. The number of nitrogens with one attached hydrogen (secondary N) is 1. The Morgan fingerprint density at radius 1 is 1.21 bits per heavy atom. The van der Waals surface area contributed by atoms with E-state index in [1.807, 2.05) is 36.2 Å². The van der Waals surface area contributed by atoms with Gasteiger partial charge >= 0.3 is 0 Å². The fourth-order valence-corrected chi connectivity index (χ4v) is 2.59. The number of ether oxygens (including phenoxy) is 1. The minimum Gasteiger partial charge on any atom is -0.496 e. The lowest BCUT2D eigenvalue weighted by Crippen LogP contribution is -2.39. The van der Waals surface area contributed by atoms with Crippen LogP contribution in [0.5, 0.6) is 5.75 Å². The third kappa shape index (κ3) is 4.98. The van der Waals surface area contributed by atoms with Crippen LogP contribution >= 0.6 is 0 Å². The first-order valence-corrected chi connectivity index (χ1v) is 7.92. The van der Waals surface area contributed by atoms with Crippen molar-refractivity contribution in [3.63, 3.8) is 0 Å². The van der Waals surface area contributed by atoms with Crippen molar-refractivity contribution < 1.29 is 9.13 Å². The summed E-state index contributed by atoms with van der Waals surface area (Å²) in [4.78, 5) is 6.26. The second-order valence-corrected chi connectivity index (χ2v) is 5.52. The second-order valence-electron chi connectivity index (χ2n) is 5.52. The molecule has 1 N–H and O–H groups in total. The van der Waals surface area contributed by atoms with Crippen LogP contribution in [0.2, 0.25) is 0 Å². The molecule has 0 aliphatic carbocycles. The van der Waals surface area contributed by atoms with Gasteiger partial charge in [-0.2, -0.15) is 0 Å². The van der Waals surface area contributed by atoms with Crippen LogP contribution in [-0.4, -0.2) is 38.6 Å². The number of rotatable bonds is 6. The molecule has 0 radical (unpaired) electrons. The van der Waals surface area contributed by atoms with Crippen molar-refractivity contribution >= 4 is 5.96 Å². The molecule has 0 spiro atoms. The highest BCUT2D eigenvalue weighted by molar-refractivity contribution is 5.79. The van der Waals surface area contributed by atoms with E-state index in [1.54, 1.807) is 26.3 Å². The Kier molecular flexibility index (Phi) is 6.61. The molecule has 0 amide bonds. The van der Waals surface area contributed by atoms with Gasteiger partial charge in [0.1, 0.15) is 11.6 Å². The molecule has 0 unspecified atom stereocenters. The highest BCUT2D eigenvalue weighted by atomic mass is 19.1. The van der Waals surface area contributed by atoms with Crippen molar-refractivity contribution in [2.24, 2.45) is 4.99 Å². The minimum atomic E-state index is -0.222. The first-order valence-electron chi connectivity index (χ1n) is 7.92. The van der Waals surface area contributed by atoms with Crippen LogP contribution in [-0.2, 0) is 13.0 Å². The monoisotopic (exact) mass is 329 g/mol. The van der Waals surface area contributed by atoms with Gasteiger partial charge in [0.2, 0.25) is 0 Å². The van der Waals surface area contributed by atoms with E-state index in [0.29, 0.717) is 6.54 Å². The van der Waals surface area contributed by atoms with Crippen molar-refractivity contribution in [1.82, 2.24) is 10.2 Å². The summed E-state index contributed by atoms with van der Waals surface area (Å²) in [5, 5.41) is 3.33. The highest BCUT2D eigenvalue weighted by Gasteiger charge is 2.08. The lowest BCUT2D eigenvalue weighted by atomic mass is 10.1. The van der Waals surface area contributed by atoms with Crippen molar-refractivity contribution in [2.45, 2.75) is 13.0 Å². The zero-order valence-electron chi connectivity index (χ0n) is 14.4. The summed E-state index contributed by atoms with van der Waals surface area (Å²) >= 11 is 0. The lowest BCUT2D eigenvalue weighted by Gasteiger charge is -2.22. The molecular weight excluding hydrogens is 305 g/mol. The summed E-state index contributed by atoms with van der Waals surface area (Å²) < 4.78 is 18.6. The van der Waals surface area contributed by atoms with Crippen LogP contribution in [0.15, 0.2) is 53.5 Å². The van der Waals surface area contributed by atoms with Crippen LogP contribution in [0.3, 0.4) is 0 Å². The summed E-state index contributed by atoms with van der Waals surface area (Å²) in [6.45, 7) is 1.33. The zero-order valence-corrected chi connectivity index (χ0v) is 14.4. The Hall–Kier alpha value is -2.56. The molecule has 0 heterocycles. The fraction of sp³-hybridized carbons (Fsp3) is 0.316. The molecule has 128 valence electrons. The van der Waals surface area contributed by atoms with E-state index in [4.69, 9.17) is 4.74 Å². The quantitative estimate of drug-likeness (QED) is 0.654. The number of hydrogen-bond donors (Lipinski definition) is 1. The number of nitrogens with zero attached hydrogens (tertiary/aromatic N) is 2. The van der Waals surface area contributed by atoms with Crippen LogP contribution in [0.25, 0.3) is 0 Å². The molecule has 0 aliphatic rings. The van der Waals surface area contributed by atoms with E-state index >= 15 is 0 Å². The van der Waals surface area contributed by atoms with Gasteiger partial charge in [0.25, 0.3) is 0 Å². The van der Waals surface area contributed by atoms with Crippen LogP contribution < -0.4 is 10.1 Å². The maximum atomic E-state index is 13.3. The van der Waals surface area contributed by atoms with E-state index in [-0.39, 0.29) is 5.82 Å². The molecule has 5 heteroatoms. The van der Waals surface area contributed by atoms with Crippen molar-refractivity contribution in [1.29, 1.82) is 0 Å². The summed E-state index contributed by atoms with van der Waals surface area (Å²) in [6.07, 6.45) is 0.830. The van der Waals surface area contributed by atoms with Gasteiger partial charge in [0.15, 0.2) is 5.96 Å². The Balaban J connectivity index is 1.90. The van der Waals surface area contributed by atoms with Gasteiger partial charge in [0.05, 0.1) is 7.11 Å².